The molecule has 0 atom stereocenters. The predicted octanol–water partition coefficient (Wildman–Crippen LogP) is 4.27. The molecule has 0 fully saturated rings. The van der Waals surface area contributed by atoms with Crippen molar-refractivity contribution < 1.29 is 22.7 Å². The molecule has 0 radical (unpaired) electrons. The minimum Gasteiger partial charge on any atom is -0.494 e. The van der Waals surface area contributed by atoms with E-state index in [-0.39, 0.29) is 16.4 Å². The van der Waals surface area contributed by atoms with Crippen molar-refractivity contribution in [2.45, 2.75) is 24.7 Å². The molecule has 0 spiro atoms. The molecule has 1 amide bonds. The van der Waals surface area contributed by atoms with Gasteiger partial charge in [0.2, 0.25) is 0 Å². The highest BCUT2D eigenvalue weighted by Crippen LogP contribution is 2.20. The maximum atomic E-state index is 12.8. The Hall–Kier alpha value is -3.36. The van der Waals surface area contributed by atoms with Gasteiger partial charge in [-0.25, -0.2) is 8.42 Å². The third-order valence-electron chi connectivity index (χ3n) is 4.95. The van der Waals surface area contributed by atoms with Crippen LogP contribution in [0.15, 0.2) is 83.8 Å². The number of hydrogen-bond donors (Lipinski definition) is 2. The number of nitrogens with one attached hydrogen (secondary N) is 2. The van der Waals surface area contributed by atoms with Crippen molar-refractivity contribution in [2.24, 2.45) is 0 Å². The van der Waals surface area contributed by atoms with Gasteiger partial charge in [-0.2, -0.15) is 0 Å². The highest BCUT2D eigenvalue weighted by molar-refractivity contribution is 7.92. The lowest BCUT2D eigenvalue weighted by Gasteiger charge is -2.11. The third-order valence-corrected chi connectivity index (χ3v) is 6.33. The van der Waals surface area contributed by atoms with E-state index in [0.29, 0.717) is 44.2 Å². The number of hydrogen-bond acceptors (Lipinski definition) is 5. The second-order valence-corrected chi connectivity index (χ2v) is 9.23. The van der Waals surface area contributed by atoms with Gasteiger partial charge in [0.25, 0.3) is 15.9 Å². The first kappa shape index (κ1) is 25.3. The van der Waals surface area contributed by atoms with Gasteiger partial charge in [0.1, 0.15) is 5.75 Å². The Labute approximate surface area is 201 Å². The van der Waals surface area contributed by atoms with Crippen LogP contribution in [0.5, 0.6) is 5.75 Å². The SMILES string of the molecule is CCOc1ccc(NS(=O)(=O)c2cccc(C(=O)NCCCOCCc3ccccc3)c2)cc1. The molecule has 3 rings (SSSR count). The van der Waals surface area contributed by atoms with Crippen LogP contribution in [0, 0.1) is 0 Å². The molecule has 0 saturated heterocycles. The molecular formula is C26H30N2O5S. The predicted molar refractivity (Wildman–Crippen MR) is 133 cm³/mol. The molecular weight excluding hydrogens is 452 g/mol. The molecule has 180 valence electrons. The highest BCUT2D eigenvalue weighted by atomic mass is 32.2. The lowest BCUT2D eigenvalue weighted by molar-refractivity contribution is 0.0942. The zero-order chi connectivity index (χ0) is 24.2. The Bertz CT molecular complexity index is 1150. The molecule has 8 heteroatoms. The van der Waals surface area contributed by atoms with E-state index >= 15 is 0 Å². The van der Waals surface area contributed by atoms with Gasteiger partial charge < -0.3 is 14.8 Å². The quantitative estimate of drug-likeness (QED) is 0.355. The van der Waals surface area contributed by atoms with Crippen LogP contribution in [-0.2, 0) is 21.2 Å². The average Bonchev–Trinajstić information content (AvgIpc) is 2.85. The molecule has 7 nitrogen and oxygen atoms in total. The fraction of sp³-hybridized carbons (Fsp3) is 0.269. The molecule has 3 aromatic carbocycles. The van der Waals surface area contributed by atoms with E-state index in [0.717, 1.165) is 6.42 Å². The third kappa shape index (κ3) is 7.90. The van der Waals surface area contributed by atoms with E-state index in [4.69, 9.17) is 9.47 Å². The summed E-state index contributed by atoms with van der Waals surface area (Å²) in [6.45, 7) is 4.00. The molecule has 3 aromatic rings. The van der Waals surface area contributed by atoms with Crippen molar-refractivity contribution in [3.8, 4) is 5.75 Å². The summed E-state index contributed by atoms with van der Waals surface area (Å²) >= 11 is 0. The van der Waals surface area contributed by atoms with Crippen LogP contribution in [0.2, 0.25) is 0 Å². The first-order valence-electron chi connectivity index (χ1n) is 11.2. The Kier molecular flexibility index (Phi) is 9.49. The lowest BCUT2D eigenvalue weighted by atomic mass is 10.2. The van der Waals surface area contributed by atoms with Gasteiger partial charge in [-0.05, 0) is 67.8 Å². The molecule has 0 aromatic heterocycles. The van der Waals surface area contributed by atoms with E-state index in [1.165, 1.54) is 17.7 Å². The van der Waals surface area contributed by atoms with Gasteiger partial charge in [-0.1, -0.05) is 36.4 Å². The molecule has 0 aliphatic heterocycles. The fourth-order valence-electron chi connectivity index (χ4n) is 3.22. The van der Waals surface area contributed by atoms with E-state index in [1.54, 1.807) is 36.4 Å². The smallest absolute Gasteiger partial charge is 0.261 e. The summed E-state index contributed by atoms with van der Waals surface area (Å²) in [7, 11) is -3.84. The van der Waals surface area contributed by atoms with Crippen molar-refractivity contribution >= 4 is 21.6 Å². The highest BCUT2D eigenvalue weighted by Gasteiger charge is 2.16. The van der Waals surface area contributed by atoms with Crippen molar-refractivity contribution in [3.63, 3.8) is 0 Å². The first-order valence-corrected chi connectivity index (χ1v) is 12.7. The minimum atomic E-state index is -3.84. The van der Waals surface area contributed by atoms with E-state index in [1.807, 2.05) is 25.1 Å². The van der Waals surface area contributed by atoms with Gasteiger partial charge in [0.15, 0.2) is 0 Å². The molecule has 0 bridgehead atoms. The topological polar surface area (TPSA) is 93.7 Å². The van der Waals surface area contributed by atoms with E-state index in [9.17, 15) is 13.2 Å². The zero-order valence-electron chi connectivity index (χ0n) is 19.2. The first-order chi connectivity index (χ1) is 16.5. The monoisotopic (exact) mass is 482 g/mol. The van der Waals surface area contributed by atoms with Crippen LogP contribution < -0.4 is 14.8 Å². The molecule has 2 N–H and O–H groups in total. The Morgan fingerprint density at radius 1 is 0.912 bits per heavy atom. The van der Waals surface area contributed by atoms with Crippen LogP contribution in [0.4, 0.5) is 5.69 Å². The van der Waals surface area contributed by atoms with Gasteiger partial charge in [-0.3, -0.25) is 9.52 Å². The molecule has 0 aliphatic rings. The number of amides is 1. The summed E-state index contributed by atoms with van der Waals surface area (Å²) in [4.78, 5) is 12.5. The summed E-state index contributed by atoms with van der Waals surface area (Å²) in [5.41, 5.74) is 1.91. The van der Waals surface area contributed by atoms with Gasteiger partial charge in [0, 0.05) is 24.4 Å². The molecule has 34 heavy (non-hydrogen) atoms. The van der Waals surface area contributed by atoms with Crippen LogP contribution in [0.3, 0.4) is 0 Å². The maximum absolute atomic E-state index is 12.8. The summed E-state index contributed by atoms with van der Waals surface area (Å²) < 4.78 is 39.0. The van der Waals surface area contributed by atoms with E-state index in [2.05, 4.69) is 22.2 Å². The number of carbonyl (C=O) groups is 1. The standard InChI is InChI=1S/C26H30N2O5S/c1-2-33-24-14-12-23(13-15-24)28-34(30,31)25-11-6-10-22(20-25)26(29)27-17-7-18-32-19-16-21-8-4-3-5-9-21/h3-6,8-15,20,28H,2,7,16-19H2,1H3,(H,27,29). The van der Waals surface area contributed by atoms with Crippen molar-refractivity contribution in [3.05, 3.63) is 90.0 Å². The van der Waals surface area contributed by atoms with Gasteiger partial charge >= 0.3 is 0 Å². The normalized spacial score (nSPS) is 11.1. The number of ether oxygens (including phenoxy) is 2. The van der Waals surface area contributed by atoms with Crippen LogP contribution >= 0.6 is 0 Å². The van der Waals surface area contributed by atoms with Crippen LogP contribution in [0.1, 0.15) is 29.3 Å². The number of anilines is 1. The van der Waals surface area contributed by atoms with Gasteiger partial charge in [-0.15, -0.1) is 0 Å². The second kappa shape index (κ2) is 12.8. The van der Waals surface area contributed by atoms with Crippen LogP contribution in [0.25, 0.3) is 0 Å². The molecule has 0 unspecified atom stereocenters. The summed E-state index contributed by atoms with van der Waals surface area (Å²) in [5.74, 6) is 0.327. The molecule has 0 aliphatic carbocycles. The average molecular weight is 483 g/mol. The summed E-state index contributed by atoms with van der Waals surface area (Å²) in [6.07, 6.45) is 1.51. The Morgan fingerprint density at radius 3 is 2.41 bits per heavy atom. The van der Waals surface area contributed by atoms with Crippen molar-refractivity contribution in [2.75, 3.05) is 31.1 Å². The number of carbonyl (C=O) groups excluding carboxylic acids is 1. The molecule has 0 heterocycles. The Morgan fingerprint density at radius 2 is 1.68 bits per heavy atom. The number of sulfonamides is 1. The van der Waals surface area contributed by atoms with Crippen molar-refractivity contribution in [1.29, 1.82) is 0 Å². The fourth-order valence-corrected chi connectivity index (χ4v) is 4.32. The zero-order valence-corrected chi connectivity index (χ0v) is 20.0. The van der Waals surface area contributed by atoms with Crippen molar-refractivity contribution in [1.82, 2.24) is 5.32 Å². The summed E-state index contributed by atoms with van der Waals surface area (Å²) in [5, 5.41) is 2.81. The Balaban J connectivity index is 1.45. The van der Waals surface area contributed by atoms with Crippen LogP contribution in [-0.4, -0.2) is 40.7 Å². The number of rotatable bonds is 13. The maximum Gasteiger partial charge on any atom is 0.261 e. The minimum absolute atomic E-state index is 0.0123. The van der Waals surface area contributed by atoms with E-state index < -0.39 is 10.0 Å². The number of benzene rings is 3. The van der Waals surface area contributed by atoms with Gasteiger partial charge in [0.05, 0.1) is 18.1 Å². The lowest BCUT2D eigenvalue weighted by Crippen LogP contribution is -2.25. The largest absolute Gasteiger partial charge is 0.494 e. The molecule has 0 saturated carbocycles. The summed E-state index contributed by atoms with van der Waals surface area (Å²) in [6, 6.07) is 22.7. The second-order valence-electron chi connectivity index (χ2n) is 7.55.